The van der Waals surface area contributed by atoms with Crippen molar-refractivity contribution in [2.75, 3.05) is 0 Å². The minimum atomic E-state index is -4.85. The highest BCUT2D eigenvalue weighted by Gasteiger charge is 2.39. The van der Waals surface area contributed by atoms with Crippen molar-refractivity contribution in [3.05, 3.63) is 34.9 Å². The summed E-state index contributed by atoms with van der Waals surface area (Å²) in [6.07, 6.45) is -11.0. The predicted octanol–water partition coefficient (Wildman–Crippen LogP) is 3.74. The maximum Gasteiger partial charge on any atom is 0.416 e. The Morgan fingerprint density at radius 2 is 1.52 bits per heavy atom. The standard InChI is InChI=1S/C13H15F6NO/c1-6(2)11(21)10(20)8-5-7(12(14,15)16)3-4-9(8)13(17,18)19/h3-6,10-11,21H,20H2,1-2H3/t10-,11+/m1/s1. The number of nitrogens with two attached hydrogens (primary N) is 1. The van der Waals surface area contributed by atoms with E-state index in [1.54, 1.807) is 0 Å². The SMILES string of the molecule is CC(C)[C@H](O)[C@H](N)c1cc(C(F)(F)F)ccc1C(F)(F)F. The van der Waals surface area contributed by atoms with Crippen molar-refractivity contribution in [3.8, 4) is 0 Å². The fourth-order valence-corrected chi connectivity index (χ4v) is 1.87. The van der Waals surface area contributed by atoms with E-state index in [4.69, 9.17) is 5.73 Å². The lowest BCUT2D eigenvalue weighted by atomic mass is 9.90. The van der Waals surface area contributed by atoms with E-state index in [2.05, 4.69) is 0 Å². The molecule has 0 saturated heterocycles. The molecule has 0 amide bonds. The van der Waals surface area contributed by atoms with E-state index >= 15 is 0 Å². The van der Waals surface area contributed by atoms with Gasteiger partial charge in [0.25, 0.3) is 0 Å². The van der Waals surface area contributed by atoms with Crippen molar-refractivity contribution >= 4 is 0 Å². The number of rotatable bonds is 3. The molecule has 0 heterocycles. The van der Waals surface area contributed by atoms with Crippen LogP contribution in [0.5, 0.6) is 0 Å². The first-order valence-corrected chi connectivity index (χ1v) is 6.07. The number of aliphatic hydroxyl groups is 1. The second-order valence-electron chi connectivity index (χ2n) is 5.06. The summed E-state index contributed by atoms with van der Waals surface area (Å²) in [4.78, 5) is 0. The summed E-state index contributed by atoms with van der Waals surface area (Å²) in [7, 11) is 0. The molecule has 0 spiro atoms. The molecule has 0 aliphatic heterocycles. The molecule has 0 aromatic heterocycles. The van der Waals surface area contributed by atoms with Crippen LogP contribution in [-0.4, -0.2) is 11.2 Å². The lowest BCUT2D eigenvalue weighted by Gasteiger charge is -2.26. The molecule has 1 aromatic carbocycles. The summed E-state index contributed by atoms with van der Waals surface area (Å²) in [5.74, 6) is -0.504. The minimum Gasteiger partial charge on any atom is -0.391 e. The molecule has 0 fully saturated rings. The van der Waals surface area contributed by atoms with Crippen LogP contribution in [0.4, 0.5) is 26.3 Å². The lowest BCUT2D eigenvalue weighted by molar-refractivity contribution is -0.142. The molecule has 3 N–H and O–H groups in total. The first-order chi connectivity index (χ1) is 9.35. The summed E-state index contributed by atoms with van der Waals surface area (Å²) in [5.41, 5.74) is 2.25. The van der Waals surface area contributed by atoms with Gasteiger partial charge in [-0.25, -0.2) is 0 Å². The smallest absolute Gasteiger partial charge is 0.391 e. The molecule has 120 valence electrons. The van der Waals surface area contributed by atoms with E-state index < -0.39 is 47.1 Å². The molecule has 1 rings (SSSR count). The van der Waals surface area contributed by atoms with Gasteiger partial charge in [-0.2, -0.15) is 26.3 Å². The normalized spacial score (nSPS) is 16.1. The second kappa shape index (κ2) is 5.84. The Kier molecular flexibility index (Phi) is 4.94. The Labute approximate surface area is 117 Å². The fourth-order valence-electron chi connectivity index (χ4n) is 1.87. The van der Waals surface area contributed by atoms with Gasteiger partial charge in [-0.1, -0.05) is 13.8 Å². The molecule has 0 saturated carbocycles. The Bertz CT molecular complexity index is 494. The van der Waals surface area contributed by atoms with Crippen LogP contribution in [0.15, 0.2) is 18.2 Å². The number of hydrogen-bond donors (Lipinski definition) is 2. The van der Waals surface area contributed by atoms with Gasteiger partial charge in [0.05, 0.1) is 23.3 Å². The zero-order valence-electron chi connectivity index (χ0n) is 11.3. The number of benzene rings is 1. The van der Waals surface area contributed by atoms with Crippen molar-refractivity contribution in [2.24, 2.45) is 11.7 Å². The molecule has 1 aromatic rings. The van der Waals surface area contributed by atoms with Gasteiger partial charge < -0.3 is 10.8 Å². The van der Waals surface area contributed by atoms with Crippen molar-refractivity contribution in [1.29, 1.82) is 0 Å². The van der Waals surface area contributed by atoms with Crippen LogP contribution in [0.1, 0.15) is 36.6 Å². The summed E-state index contributed by atoms with van der Waals surface area (Å²) >= 11 is 0. The topological polar surface area (TPSA) is 46.2 Å². The summed E-state index contributed by atoms with van der Waals surface area (Å²) in [5, 5.41) is 9.76. The third kappa shape index (κ3) is 4.10. The van der Waals surface area contributed by atoms with Crippen LogP contribution in [0.2, 0.25) is 0 Å². The highest BCUT2D eigenvalue weighted by molar-refractivity contribution is 5.38. The van der Waals surface area contributed by atoms with E-state index in [1.165, 1.54) is 13.8 Å². The quantitative estimate of drug-likeness (QED) is 0.835. The minimum absolute atomic E-state index is 0.338. The maximum atomic E-state index is 12.9. The number of alkyl halides is 6. The number of halogens is 6. The van der Waals surface area contributed by atoms with Gasteiger partial charge in [-0.15, -0.1) is 0 Å². The van der Waals surface area contributed by atoms with E-state index in [-0.39, 0.29) is 0 Å². The molecule has 0 aliphatic rings. The highest BCUT2D eigenvalue weighted by Crippen LogP contribution is 2.39. The molecule has 8 heteroatoms. The molecular formula is C13H15F6NO. The Hall–Kier alpha value is -1.28. The predicted molar refractivity (Wildman–Crippen MR) is 64.2 cm³/mol. The average Bonchev–Trinajstić information content (AvgIpc) is 2.34. The van der Waals surface area contributed by atoms with Crippen molar-refractivity contribution < 1.29 is 31.4 Å². The molecule has 2 nitrogen and oxygen atoms in total. The van der Waals surface area contributed by atoms with Crippen LogP contribution in [0.3, 0.4) is 0 Å². The average molecular weight is 315 g/mol. The van der Waals surface area contributed by atoms with Crippen LogP contribution in [-0.2, 0) is 12.4 Å². The lowest BCUT2D eigenvalue weighted by Crippen LogP contribution is -2.32. The Balaban J connectivity index is 3.43. The molecular weight excluding hydrogens is 300 g/mol. The zero-order valence-corrected chi connectivity index (χ0v) is 11.3. The molecule has 2 atom stereocenters. The van der Waals surface area contributed by atoms with E-state index in [0.29, 0.717) is 18.2 Å². The second-order valence-corrected chi connectivity index (χ2v) is 5.06. The van der Waals surface area contributed by atoms with Gasteiger partial charge in [-0.05, 0) is 29.7 Å². The number of aliphatic hydroxyl groups excluding tert-OH is 1. The third-order valence-electron chi connectivity index (χ3n) is 3.09. The van der Waals surface area contributed by atoms with Crippen LogP contribution in [0.25, 0.3) is 0 Å². The van der Waals surface area contributed by atoms with Crippen LogP contribution >= 0.6 is 0 Å². The van der Waals surface area contributed by atoms with Gasteiger partial charge in [0.1, 0.15) is 0 Å². The van der Waals surface area contributed by atoms with Crippen LogP contribution in [0, 0.1) is 5.92 Å². The first-order valence-electron chi connectivity index (χ1n) is 6.07. The summed E-state index contributed by atoms with van der Waals surface area (Å²) in [6, 6.07) is -0.533. The molecule has 0 unspecified atom stereocenters. The van der Waals surface area contributed by atoms with Crippen molar-refractivity contribution in [1.82, 2.24) is 0 Å². The maximum absolute atomic E-state index is 12.9. The van der Waals surface area contributed by atoms with Gasteiger partial charge >= 0.3 is 12.4 Å². The van der Waals surface area contributed by atoms with Gasteiger partial charge in [-0.3, -0.25) is 0 Å². The Morgan fingerprint density at radius 1 is 1.00 bits per heavy atom. The highest BCUT2D eigenvalue weighted by atomic mass is 19.4. The molecule has 0 aliphatic carbocycles. The van der Waals surface area contributed by atoms with Gasteiger partial charge in [0, 0.05) is 0 Å². The first kappa shape index (κ1) is 17.8. The number of hydrogen-bond acceptors (Lipinski definition) is 2. The molecule has 0 radical (unpaired) electrons. The Morgan fingerprint density at radius 3 is 1.90 bits per heavy atom. The third-order valence-corrected chi connectivity index (χ3v) is 3.09. The van der Waals surface area contributed by atoms with Gasteiger partial charge in [0.2, 0.25) is 0 Å². The monoisotopic (exact) mass is 315 g/mol. The zero-order chi connectivity index (χ0) is 16.6. The van der Waals surface area contributed by atoms with E-state index in [0.717, 1.165) is 0 Å². The van der Waals surface area contributed by atoms with Gasteiger partial charge in [0.15, 0.2) is 0 Å². The summed E-state index contributed by atoms with van der Waals surface area (Å²) < 4.78 is 76.6. The largest absolute Gasteiger partial charge is 0.416 e. The fraction of sp³-hybridized carbons (Fsp3) is 0.538. The van der Waals surface area contributed by atoms with Crippen molar-refractivity contribution in [2.45, 2.75) is 38.3 Å². The van der Waals surface area contributed by atoms with Crippen molar-refractivity contribution in [3.63, 3.8) is 0 Å². The van der Waals surface area contributed by atoms with Crippen LogP contribution < -0.4 is 5.73 Å². The molecule has 21 heavy (non-hydrogen) atoms. The summed E-state index contributed by atoms with van der Waals surface area (Å²) in [6.45, 7) is 3.01. The van der Waals surface area contributed by atoms with E-state index in [1.807, 2.05) is 0 Å². The van der Waals surface area contributed by atoms with E-state index in [9.17, 15) is 31.4 Å². The molecule has 0 bridgehead atoms.